The fraction of sp³-hybridized carbons (Fsp3) is 0.500. The molecule has 0 saturated heterocycles. The lowest BCUT2D eigenvalue weighted by molar-refractivity contribution is -0.121. The van der Waals surface area contributed by atoms with Crippen LogP contribution in [-0.4, -0.2) is 60.2 Å². The minimum atomic E-state index is -0.314. The fourth-order valence-electron chi connectivity index (χ4n) is 2.80. The Morgan fingerprint density at radius 2 is 1.79 bits per heavy atom. The highest BCUT2D eigenvalue weighted by Gasteiger charge is 2.35. The van der Waals surface area contributed by atoms with Crippen molar-refractivity contribution in [3.05, 3.63) is 34.9 Å². The van der Waals surface area contributed by atoms with Gasteiger partial charge in [-0.2, -0.15) is 0 Å². The summed E-state index contributed by atoms with van der Waals surface area (Å²) in [6, 6.07) is 5.21. The minimum absolute atomic E-state index is 0.114. The molecule has 0 aromatic heterocycles. The predicted molar refractivity (Wildman–Crippen MR) is 92.0 cm³/mol. The van der Waals surface area contributed by atoms with E-state index in [4.69, 9.17) is 0 Å². The molecule has 1 aliphatic rings. The van der Waals surface area contributed by atoms with Gasteiger partial charge in [0, 0.05) is 26.1 Å². The van der Waals surface area contributed by atoms with E-state index < -0.39 is 0 Å². The van der Waals surface area contributed by atoms with Gasteiger partial charge in [0.05, 0.1) is 11.1 Å². The number of amides is 3. The highest BCUT2D eigenvalue weighted by molar-refractivity contribution is 6.21. The van der Waals surface area contributed by atoms with Gasteiger partial charge >= 0.3 is 0 Å². The Bertz CT molecular complexity index is 638. The highest BCUT2D eigenvalue weighted by Crippen LogP contribution is 2.23. The normalized spacial score (nSPS) is 13.6. The van der Waals surface area contributed by atoms with Crippen molar-refractivity contribution in [1.82, 2.24) is 15.1 Å². The molecule has 0 saturated carbocycles. The molecule has 6 nitrogen and oxygen atoms in total. The van der Waals surface area contributed by atoms with Crippen molar-refractivity contribution in [3.8, 4) is 0 Å². The third-order valence-electron chi connectivity index (χ3n) is 4.33. The highest BCUT2D eigenvalue weighted by atomic mass is 16.2. The molecule has 2 rings (SSSR count). The molecule has 24 heavy (non-hydrogen) atoms. The summed E-state index contributed by atoms with van der Waals surface area (Å²) in [4.78, 5) is 39.9. The predicted octanol–water partition coefficient (Wildman–Crippen LogP) is 1.44. The number of hydrogen-bond donors (Lipinski definition) is 1. The number of benzene rings is 1. The van der Waals surface area contributed by atoms with Crippen molar-refractivity contribution in [2.24, 2.45) is 0 Å². The summed E-state index contributed by atoms with van der Waals surface area (Å²) in [5, 5.41) is 2.84. The second-order valence-corrected chi connectivity index (χ2v) is 5.94. The van der Waals surface area contributed by atoms with Crippen LogP contribution in [0.2, 0.25) is 0 Å². The number of likely N-dealkylation sites (N-methyl/N-ethyl adjacent to an activating group) is 1. The third-order valence-corrected chi connectivity index (χ3v) is 4.33. The Kier molecular flexibility index (Phi) is 6.09. The number of carbonyl (C=O) groups is 3. The van der Waals surface area contributed by atoms with Crippen LogP contribution in [0.4, 0.5) is 0 Å². The molecular weight excluding hydrogens is 306 g/mol. The van der Waals surface area contributed by atoms with Gasteiger partial charge in [-0.05, 0) is 32.1 Å². The standard InChI is InChI=1S/C18H25N3O3/c1-4-20(5-2)11-9-19-16(22)8-10-21-17(23)14-7-6-13(3)12-15(14)18(21)24/h6-7,12H,4-5,8-11H2,1-3H3,(H,19,22). The van der Waals surface area contributed by atoms with Crippen molar-refractivity contribution < 1.29 is 14.4 Å². The van der Waals surface area contributed by atoms with Gasteiger partial charge in [0.1, 0.15) is 0 Å². The van der Waals surface area contributed by atoms with E-state index >= 15 is 0 Å². The molecule has 130 valence electrons. The summed E-state index contributed by atoms with van der Waals surface area (Å²) in [6.07, 6.45) is 0.128. The van der Waals surface area contributed by atoms with Crippen LogP contribution >= 0.6 is 0 Å². The number of hydrogen-bond acceptors (Lipinski definition) is 4. The molecule has 0 unspecified atom stereocenters. The van der Waals surface area contributed by atoms with E-state index in [1.54, 1.807) is 12.1 Å². The van der Waals surface area contributed by atoms with Crippen LogP contribution in [0.5, 0.6) is 0 Å². The molecule has 6 heteroatoms. The first-order valence-electron chi connectivity index (χ1n) is 8.43. The van der Waals surface area contributed by atoms with Crippen molar-refractivity contribution in [3.63, 3.8) is 0 Å². The van der Waals surface area contributed by atoms with E-state index in [2.05, 4.69) is 24.1 Å². The zero-order chi connectivity index (χ0) is 17.7. The summed E-state index contributed by atoms with van der Waals surface area (Å²) in [7, 11) is 0. The number of nitrogens with one attached hydrogen (secondary N) is 1. The zero-order valence-electron chi connectivity index (χ0n) is 14.6. The van der Waals surface area contributed by atoms with Gasteiger partial charge in [0.25, 0.3) is 11.8 Å². The lowest BCUT2D eigenvalue weighted by atomic mass is 10.1. The largest absolute Gasteiger partial charge is 0.355 e. The minimum Gasteiger partial charge on any atom is -0.355 e. The molecule has 1 aromatic carbocycles. The molecule has 1 N–H and O–H groups in total. The third kappa shape index (κ3) is 4.00. The second-order valence-electron chi connectivity index (χ2n) is 5.94. The lowest BCUT2D eigenvalue weighted by Crippen LogP contribution is -2.37. The Labute approximate surface area is 142 Å². The van der Waals surface area contributed by atoms with E-state index in [0.717, 1.165) is 30.1 Å². The summed E-state index contributed by atoms with van der Waals surface area (Å²) in [6.45, 7) is 9.41. The van der Waals surface area contributed by atoms with Crippen molar-refractivity contribution >= 4 is 17.7 Å². The average molecular weight is 331 g/mol. The summed E-state index contributed by atoms with van der Waals surface area (Å²) < 4.78 is 0. The maximum absolute atomic E-state index is 12.3. The van der Waals surface area contributed by atoms with Gasteiger partial charge in [-0.3, -0.25) is 19.3 Å². The smallest absolute Gasteiger partial charge is 0.261 e. The average Bonchev–Trinajstić information content (AvgIpc) is 2.80. The molecule has 1 aromatic rings. The number of aryl methyl sites for hydroxylation is 1. The van der Waals surface area contributed by atoms with Crippen LogP contribution in [0.3, 0.4) is 0 Å². The summed E-state index contributed by atoms with van der Waals surface area (Å²) >= 11 is 0. The van der Waals surface area contributed by atoms with Gasteiger partial charge in [-0.25, -0.2) is 0 Å². The number of nitrogens with zero attached hydrogens (tertiary/aromatic N) is 2. The van der Waals surface area contributed by atoms with Crippen molar-refractivity contribution in [2.75, 3.05) is 32.7 Å². The van der Waals surface area contributed by atoms with Gasteiger partial charge < -0.3 is 10.2 Å². The van der Waals surface area contributed by atoms with Crippen LogP contribution < -0.4 is 5.32 Å². The van der Waals surface area contributed by atoms with Crippen LogP contribution in [0.15, 0.2) is 18.2 Å². The van der Waals surface area contributed by atoms with Crippen LogP contribution in [-0.2, 0) is 4.79 Å². The van der Waals surface area contributed by atoms with Crippen molar-refractivity contribution in [1.29, 1.82) is 0 Å². The number of fused-ring (bicyclic) bond motifs is 1. The zero-order valence-corrected chi connectivity index (χ0v) is 14.6. The van der Waals surface area contributed by atoms with Gasteiger partial charge in [0.2, 0.25) is 5.91 Å². The molecule has 1 heterocycles. The van der Waals surface area contributed by atoms with Gasteiger partial charge in [0.15, 0.2) is 0 Å². The van der Waals surface area contributed by atoms with E-state index in [9.17, 15) is 14.4 Å². The molecule has 1 aliphatic heterocycles. The maximum Gasteiger partial charge on any atom is 0.261 e. The molecule has 0 atom stereocenters. The van der Waals surface area contributed by atoms with Gasteiger partial charge in [-0.15, -0.1) is 0 Å². The quantitative estimate of drug-likeness (QED) is 0.732. The lowest BCUT2D eigenvalue weighted by Gasteiger charge is -2.18. The topological polar surface area (TPSA) is 69.7 Å². The maximum atomic E-state index is 12.3. The van der Waals surface area contributed by atoms with E-state index in [-0.39, 0.29) is 30.7 Å². The van der Waals surface area contributed by atoms with Crippen LogP contribution in [0.25, 0.3) is 0 Å². The molecule has 0 aliphatic carbocycles. The molecule has 0 radical (unpaired) electrons. The van der Waals surface area contributed by atoms with E-state index in [0.29, 0.717) is 17.7 Å². The molecule has 0 fully saturated rings. The first kappa shape index (κ1) is 18.1. The Balaban J connectivity index is 1.84. The number of carbonyl (C=O) groups excluding carboxylic acids is 3. The van der Waals surface area contributed by atoms with E-state index in [1.807, 2.05) is 13.0 Å². The Morgan fingerprint density at radius 3 is 2.46 bits per heavy atom. The molecular formula is C18H25N3O3. The molecule has 0 bridgehead atoms. The number of rotatable bonds is 8. The van der Waals surface area contributed by atoms with Gasteiger partial charge in [-0.1, -0.05) is 25.5 Å². The summed E-state index contributed by atoms with van der Waals surface area (Å²) in [5.41, 5.74) is 1.79. The first-order chi connectivity index (χ1) is 11.5. The van der Waals surface area contributed by atoms with Crippen LogP contribution in [0, 0.1) is 6.92 Å². The Hall–Kier alpha value is -2.21. The summed E-state index contributed by atoms with van der Waals surface area (Å²) in [5.74, 6) is -0.768. The second kappa shape index (κ2) is 8.06. The Morgan fingerprint density at radius 1 is 1.12 bits per heavy atom. The fourth-order valence-corrected chi connectivity index (χ4v) is 2.80. The van der Waals surface area contributed by atoms with Crippen molar-refractivity contribution in [2.45, 2.75) is 27.2 Å². The van der Waals surface area contributed by atoms with E-state index in [1.165, 1.54) is 0 Å². The SMILES string of the molecule is CCN(CC)CCNC(=O)CCN1C(=O)c2ccc(C)cc2C1=O. The number of imide groups is 1. The first-order valence-corrected chi connectivity index (χ1v) is 8.43. The monoisotopic (exact) mass is 331 g/mol. The van der Waals surface area contributed by atoms with Crippen LogP contribution in [0.1, 0.15) is 46.5 Å². The molecule has 0 spiro atoms. The molecule has 3 amide bonds.